The molecule has 1 saturated heterocycles. The van der Waals surface area contributed by atoms with Gasteiger partial charge in [0.25, 0.3) is 0 Å². The van der Waals surface area contributed by atoms with Crippen LogP contribution in [-0.4, -0.2) is 61.9 Å². The molecule has 4 aromatic rings. The summed E-state index contributed by atoms with van der Waals surface area (Å²) >= 11 is 0. The minimum absolute atomic E-state index is 0.117. The molecular formula is C22H23N7O. The normalized spacial score (nSPS) is 17.1. The summed E-state index contributed by atoms with van der Waals surface area (Å²) < 4.78 is 1.74. The number of likely N-dealkylation sites (N-methyl/N-ethyl adjacent to an activating group) is 1. The highest BCUT2D eigenvalue weighted by Crippen LogP contribution is 2.28. The molecule has 0 saturated carbocycles. The zero-order chi connectivity index (χ0) is 20.7. The molecule has 0 radical (unpaired) electrons. The Kier molecular flexibility index (Phi) is 4.46. The van der Waals surface area contributed by atoms with Crippen LogP contribution in [0.3, 0.4) is 0 Å². The second kappa shape index (κ2) is 7.29. The second-order valence-corrected chi connectivity index (χ2v) is 7.70. The molecule has 30 heavy (non-hydrogen) atoms. The van der Waals surface area contributed by atoms with Crippen molar-refractivity contribution in [3.63, 3.8) is 0 Å². The number of anilines is 1. The van der Waals surface area contributed by atoms with Crippen molar-refractivity contribution in [2.45, 2.75) is 12.5 Å². The fourth-order valence-electron chi connectivity index (χ4n) is 4.01. The van der Waals surface area contributed by atoms with Gasteiger partial charge in [-0.3, -0.25) is 14.6 Å². The Balaban J connectivity index is 1.54. The van der Waals surface area contributed by atoms with Crippen LogP contribution in [-0.2, 0) is 18.3 Å². The fourth-order valence-corrected chi connectivity index (χ4v) is 4.01. The van der Waals surface area contributed by atoms with Gasteiger partial charge >= 0.3 is 0 Å². The van der Waals surface area contributed by atoms with Crippen LogP contribution in [0.1, 0.15) is 5.56 Å². The molecule has 152 valence electrons. The molecule has 3 aromatic heterocycles. The zero-order valence-electron chi connectivity index (χ0n) is 17.0. The van der Waals surface area contributed by atoms with Crippen LogP contribution in [0.15, 0.2) is 54.9 Å². The summed E-state index contributed by atoms with van der Waals surface area (Å²) in [5.74, 6) is 0.906. The number of benzene rings is 1. The van der Waals surface area contributed by atoms with Crippen LogP contribution in [0.25, 0.3) is 22.3 Å². The summed E-state index contributed by atoms with van der Waals surface area (Å²) in [4.78, 5) is 21.9. The number of carbonyl (C=O) groups excluding carboxylic acids is 1. The number of aromatic nitrogens is 5. The minimum atomic E-state index is -0.287. The highest BCUT2D eigenvalue weighted by molar-refractivity contribution is 5.91. The van der Waals surface area contributed by atoms with Crippen molar-refractivity contribution < 1.29 is 4.79 Å². The number of nitrogens with one attached hydrogen (secondary N) is 1. The van der Waals surface area contributed by atoms with Crippen LogP contribution in [0.2, 0.25) is 0 Å². The number of pyridine rings is 1. The van der Waals surface area contributed by atoms with Crippen molar-refractivity contribution in [3.05, 3.63) is 60.4 Å². The highest BCUT2D eigenvalue weighted by Gasteiger charge is 2.34. The zero-order valence-corrected chi connectivity index (χ0v) is 17.0. The number of fused-ring (bicyclic) bond motifs is 1. The molecule has 0 aliphatic carbocycles. The first kappa shape index (κ1) is 18.4. The van der Waals surface area contributed by atoms with Crippen LogP contribution < -0.4 is 4.90 Å². The van der Waals surface area contributed by atoms with Gasteiger partial charge in [0.1, 0.15) is 23.1 Å². The number of carbonyl (C=O) groups is 1. The van der Waals surface area contributed by atoms with Crippen molar-refractivity contribution in [2.75, 3.05) is 25.0 Å². The Hall–Kier alpha value is -3.68. The number of aryl methyl sites for hydroxylation is 1. The van der Waals surface area contributed by atoms with Gasteiger partial charge in [-0.15, -0.1) is 0 Å². The predicted molar refractivity (Wildman–Crippen MR) is 115 cm³/mol. The molecule has 1 aromatic carbocycles. The maximum absolute atomic E-state index is 13.0. The third kappa shape index (κ3) is 3.20. The van der Waals surface area contributed by atoms with Crippen molar-refractivity contribution in [2.24, 2.45) is 7.05 Å². The summed E-state index contributed by atoms with van der Waals surface area (Å²) in [5.41, 5.74) is 4.45. The summed E-state index contributed by atoms with van der Waals surface area (Å²) in [6.45, 7) is 1.41. The molecule has 5 rings (SSSR count). The number of rotatable bonds is 4. The van der Waals surface area contributed by atoms with E-state index in [1.165, 1.54) is 0 Å². The lowest BCUT2D eigenvalue weighted by atomic mass is 10.0. The van der Waals surface area contributed by atoms with E-state index >= 15 is 0 Å². The molecule has 8 heteroatoms. The maximum atomic E-state index is 13.0. The van der Waals surface area contributed by atoms with Crippen molar-refractivity contribution in [3.8, 4) is 11.3 Å². The van der Waals surface area contributed by atoms with Crippen molar-refractivity contribution >= 4 is 22.8 Å². The summed E-state index contributed by atoms with van der Waals surface area (Å²) in [6, 6.07) is 13.8. The third-order valence-electron chi connectivity index (χ3n) is 5.65. The van der Waals surface area contributed by atoms with Gasteiger partial charge in [0, 0.05) is 45.4 Å². The number of hydrogen-bond acceptors (Lipinski definition) is 5. The van der Waals surface area contributed by atoms with E-state index in [0.717, 1.165) is 40.2 Å². The second-order valence-electron chi connectivity index (χ2n) is 7.70. The van der Waals surface area contributed by atoms with Gasteiger partial charge in [-0.05, 0) is 17.7 Å². The van der Waals surface area contributed by atoms with Gasteiger partial charge in [-0.1, -0.05) is 30.3 Å². The van der Waals surface area contributed by atoms with E-state index in [9.17, 15) is 4.79 Å². The van der Waals surface area contributed by atoms with Gasteiger partial charge in [-0.25, -0.2) is 4.98 Å². The van der Waals surface area contributed by atoms with E-state index in [0.29, 0.717) is 13.0 Å². The van der Waals surface area contributed by atoms with E-state index in [1.54, 1.807) is 10.9 Å². The Morgan fingerprint density at radius 1 is 1.10 bits per heavy atom. The van der Waals surface area contributed by atoms with E-state index in [-0.39, 0.29) is 11.9 Å². The largest absolute Gasteiger partial charge is 0.342 e. The molecule has 1 atom stereocenters. The van der Waals surface area contributed by atoms with Crippen molar-refractivity contribution in [1.82, 2.24) is 29.9 Å². The van der Waals surface area contributed by atoms with E-state index in [1.807, 2.05) is 55.5 Å². The summed E-state index contributed by atoms with van der Waals surface area (Å²) in [7, 11) is 3.74. The molecular weight excluding hydrogens is 378 g/mol. The lowest BCUT2D eigenvalue weighted by molar-refractivity contribution is -0.132. The molecule has 1 unspecified atom stereocenters. The Morgan fingerprint density at radius 3 is 2.70 bits per heavy atom. The number of nitrogens with zero attached hydrogens (tertiary/aromatic N) is 6. The molecule has 1 fully saturated rings. The average molecular weight is 401 g/mol. The monoisotopic (exact) mass is 401 g/mol. The first-order valence-electron chi connectivity index (χ1n) is 10.00. The Morgan fingerprint density at radius 2 is 1.93 bits per heavy atom. The van der Waals surface area contributed by atoms with Gasteiger partial charge in [0.15, 0.2) is 0 Å². The molecule has 0 spiro atoms. The van der Waals surface area contributed by atoms with Gasteiger partial charge < -0.3 is 9.80 Å². The topological polar surface area (TPSA) is 82.9 Å². The average Bonchev–Trinajstić information content (AvgIpc) is 3.38. The number of piperazine rings is 1. The Labute approximate surface area is 174 Å². The molecule has 0 bridgehead atoms. The molecule has 1 aliphatic rings. The summed E-state index contributed by atoms with van der Waals surface area (Å²) in [6.07, 6.45) is 4.34. The predicted octanol–water partition coefficient (Wildman–Crippen LogP) is 2.25. The number of aromatic amines is 1. The standard InChI is InChI=1S/C22H23N7O/c1-27-10-11-29(18(22(27)30)12-15-6-4-3-5-7-15)19-9-8-17-21(24-19)20(26-25-17)16-13-23-28(2)14-16/h3-9,13-14,18H,10-12H2,1-2H3,(H,25,26). The van der Waals surface area contributed by atoms with Crippen LogP contribution in [0, 0.1) is 0 Å². The molecule has 1 N–H and O–H groups in total. The fraction of sp³-hybridized carbons (Fsp3) is 0.273. The SMILES string of the molecule is CN1CCN(c2ccc3[nH]nc(-c4cnn(C)c4)c3n2)C(Cc2ccccc2)C1=O. The first-order chi connectivity index (χ1) is 14.6. The van der Waals surface area contributed by atoms with Crippen LogP contribution in [0.5, 0.6) is 0 Å². The number of H-pyrrole nitrogens is 1. The van der Waals surface area contributed by atoms with Crippen molar-refractivity contribution in [1.29, 1.82) is 0 Å². The van der Waals surface area contributed by atoms with Crippen LogP contribution >= 0.6 is 0 Å². The lowest BCUT2D eigenvalue weighted by Gasteiger charge is -2.40. The lowest BCUT2D eigenvalue weighted by Crippen LogP contribution is -2.57. The van der Waals surface area contributed by atoms with E-state index in [2.05, 4.69) is 32.3 Å². The van der Waals surface area contributed by atoms with E-state index in [4.69, 9.17) is 4.98 Å². The third-order valence-corrected chi connectivity index (χ3v) is 5.65. The molecule has 1 aliphatic heterocycles. The minimum Gasteiger partial charge on any atom is -0.342 e. The smallest absolute Gasteiger partial charge is 0.245 e. The highest BCUT2D eigenvalue weighted by atomic mass is 16.2. The van der Waals surface area contributed by atoms with Gasteiger partial charge in [0.2, 0.25) is 5.91 Å². The van der Waals surface area contributed by atoms with E-state index < -0.39 is 0 Å². The van der Waals surface area contributed by atoms with Gasteiger partial charge in [0.05, 0.1) is 11.7 Å². The van der Waals surface area contributed by atoms with Gasteiger partial charge in [-0.2, -0.15) is 10.2 Å². The number of hydrogen-bond donors (Lipinski definition) is 1. The molecule has 1 amide bonds. The quantitative estimate of drug-likeness (QED) is 0.567. The van der Waals surface area contributed by atoms with Crippen LogP contribution in [0.4, 0.5) is 5.82 Å². The number of amides is 1. The molecule has 8 nitrogen and oxygen atoms in total. The summed E-state index contributed by atoms with van der Waals surface area (Å²) in [5, 5.41) is 11.7. The molecule has 4 heterocycles. The Bertz CT molecular complexity index is 1200. The maximum Gasteiger partial charge on any atom is 0.245 e. The first-order valence-corrected chi connectivity index (χ1v) is 10.00.